The first-order valence-corrected chi connectivity index (χ1v) is 7.09. The largest absolute Gasteiger partial charge is 0.454 e. The topological polar surface area (TPSA) is 64.5 Å². The average molecular weight is 307 g/mol. The van der Waals surface area contributed by atoms with Crippen LogP contribution in [-0.2, 0) is 0 Å². The van der Waals surface area contributed by atoms with E-state index >= 15 is 0 Å². The second-order valence-corrected chi connectivity index (χ2v) is 5.17. The number of fused-ring (bicyclic) bond motifs is 1. The molecule has 0 saturated heterocycles. The molecule has 5 nitrogen and oxygen atoms in total. The lowest BCUT2D eigenvalue weighted by molar-refractivity contribution is 0.174. The summed E-state index contributed by atoms with van der Waals surface area (Å²) in [6, 6.07) is 12.9. The molecule has 5 heteroatoms. The molecule has 1 aliphatic rings. The number of aromatic nitrogens is 1. The normalized spacial score (nSPS) is 15.0. The molecule has 0 atom stereocenters. The van der Waals surface area contributed by atoms with Gasteiger partial charge < -0.3 is 18.9 Å². The second kappa shape index (κ2) is 5.21. The summed E-state index contributed by atoms with van der Waals surface area (Å²) in [7, 11) is 0. The second-order valence-electron chi connectivity index (χ2n) is 5.17. The molecule has 23 heavy (non-hydrogen) atoms. The minimum Gasteiger partial charge on any atom is -0.454 e. The number of benzene rings is 2. The predicted octanol–water partition coefficient (Wildman–Crippen LogP) is 1.22. The molecule has 0 bridgehead atoms. The predicted molar refractivity (Wildman–Crippen MR) is 84.3 cm³/mol. The lowest BCUT2D eigenvalue weighted by atomic mass is 10.2. The Morgan fingerprint density at radius 1 is 1.09 bits per heavy atom. The van der Waals surface area contributed by atoms with Crippen LogP contribution in [0.2, 0.25) is 0 Å². The molecule has 1 aromatic heterocycles. The van der Waals surface area contributed by atoms with Crippen molar-refractivity contribution in [3.05, 3.63) is 79.8 Å². The zero-order chi connectivity index (χ0) is 15.8. The van der Waals surface area contributed by atoms with Gasteiger partial charge in [0.1, 0.15) is 5.35 Å². The highest BCUT2D eigenvalue weighted by Gasteiger charge is 2.12. The Labute approximate surface area is 130 Å². The molecular formula is C18H13NO4. The third-order valence-electron chi connectivity index (χ3n) is 3.63. The van der Waals surface area contributed by atoms with Crippen molar-refractivity contribution in [2.24, 2.45) is 0 Å². The van der Waals surface area contributed by atoms with Crippen molar-refractivity contribution in [3.63, 3.8) is 0 Å². The molecule has 0 spiro atoms. The van der Waals surface area contributed by atoms with E-state index in [9.17, 15) is 4.79 Å². The lowest BCUT2D eigenvalue weighted by Crippen LogP contribution is -2.20. The van der Waals surface area contributed by atoms with E-state index in [4.69, 9.17) is 13.9 Å². The number of nitrogens with one attached hydrogen (secondary N) is 1. The summed E-state index contributed by atoms with van der Waals surface area (Å²) in [5.41, 5.74) is 0.784. The molecule has 3 aromatic rings. The van der Waals surface area contributed by atoms with Crippen molar-refractivity contribution in [2.45, 2.75) is 0 Å². The van der Waals surface area contributed by atoms with Crippen LogP contribution in [0.15, 0.2) is 51.7 Å². The molecule has 2 aromatic carbocycles. The van der Waals surface area contributed by atoms with Gasteiger partial charge in [-0.15, -0.1) is 0 Å². The molecule has 4 rings (SSSR count). The van der Waals surface area contributed by atoms with Crippen molar-refractivity contribution in [1.29, 1.82) is 0 Å². The van der Waals surface area contributed by atoms with Crippen molar-refractivity contribution in [2.75, 3.05) is 6.79 Å². The van der Waals surface area contributed by atoms with E-state index in [1.54, 1.807) is 6.08 Å². The number of rotatable bonds is 1. The highest BCUT2D eigenvalue weighted by Crippen LogP contribution is 2.32. The van der Waals surface area contributed by atoms with Gasteiger partial charge in [0.15, 0.2) is 11.5 Å². The smallest absolute Gasteiger partial charge is 0.361 e. The Hall–Kier alpha value is -3.21. The van der Waals surface area contributed by atoms with Crippen LogP contribution < -0.4 is 25.7 Å². The molecule has 0 radical (unpaired) electrons. The highest BCUT2D eigenvalue weighted by atomic mass is 16.7. The van der Waals surface area contributed by atoms with Crippen LogP contribution in [0.1, 0.15) is 5.56 Å². The molecule has 0 aliphatic carbocycles. The zero-order valence-corrected chi connectivity index (χ0v) is 12.2. The Bertz CT molecular complexity index is 1140. The number of H-pyrrole nitrogens is 1. The van der Waals surface area contributed by atoms with Crippen LogP contribution in [0.25, 0.3) is 12.7 Å². The van der Waals surface area contributed by atoms with Crippen LogP contribution in [0, 0.1) is 10.8 Å². The van der Waals surface area contributed by atoms with Gasteiger partial charge in [0, 0.05) is 5.22 Å². The first-order chi connectivity index (χ1) is 11.2. The third-order valence-corrected chi connectivity index (χ3v) is 3.63. The van der Waals surface area contributed by atoms with Gasteiger partial charge in [-0.1, -0.05) is 30.8 Å². The SMILES string of the molecule is C=c1ccccc1=c1[nH]/c(=C/c2ccc3c(c2)OCO3)c(=O)o1. The van der Waals surface area contributed by atoms with E-state index < -0.39 is 5.63 Å². The summed E-state index contributed by atoms with van der Waals surface area (Å²) in [4.78, 5) is 15.1. The van der Waals surface area contributed by atoms with E-state index in [1.807, 2.05) is 42.5 Å². The van der Waals surface area contributed by atoms with Crippen molar-refractivity contribution in [3.8, 4) is 11.5 Å². The summed E-state index contributed by atoms with van der Waals surface area (Å²) in [5, 5.41) is 1.91. The van der Waals surface area contributed by atoms with Gasteiger partial charge in [0.05, 0.1) is 0 Å². The molecule has 0 unspecified atom stereocenters. The Morgan fingerprint density at radius 3 is 2.78 bits per heavy atom. The highest BCUT2D eigenvalue weighted by molar-refractivity contribution is 5.55. The summed E-state index contributed by atoms with van der Waals surface area (Å²) < 4.78 is 15.9. The van der Waals surface area contributed by atoms with Crippen molar-refractivity contribution < 1.29 is 13.9 Å². The molecule has 0 saturated carbocycles. The van der Waals surface area contributed by atoms with Gasteiger partial charge in [-0.25, -0.2) is 4.79 Å². The number of hydrogen-bond donors (Lipinski definition) is 1. The number of ether oxygens (including phenoxy) is 2. The van der Waals surface area contributed by atoms with E-state index in [0.29, 0.717) is 22.4 Å². The fraction of sp³-hybridized carbons (Fsp3) is 0.0556. The van der Waals surface area contributed by atoms with Gasteiger partial charge in [0.25, 0.3) is 0 Å². The van der Waals surface area contributed by atoms with E-state index in [-0.39, 0.29) is 6.79 Å². The van der Waals surface area contributed by atoms with Crippen LogP contribution in [0.5, 0.6) is 11.5 Å². The van der Waals surface area contributed by atoms with Crippen molar-refractivity contribution in [1.82, 2.24) is 4.98 Å². The Kier molecular flexibility index (Phi) is 3.05. The molecule has 114 valence electrons. The molecular weight excluding hydrogens is 294 g/mol. The Morgan fingerprint density at radius 2 is 1.91 bits per heavy atom. The van der Waals surface area contributed by atoms with Crippen LogP contribution >= 0.6 is 0 Å². The maximum atomic E-state index is 12.1. The summed E-state index contributed by atoms with van der Waals surface area (Å²) >= 11 is 0. The lowest BCUT2D eigenvalue weighted by Gasteiger charge is -1.96. The zero-order valence-electron chi connectivity index (χ0n) is 12.2. The number of aromatic amines is 1. The maximum Gasteiger partial charge on any atom is 0.361 e. The fourth-order valence-electron chi connectivity index (χ4n) is 2.48. The quantitative estimate of drug-likeness (QED) is 0.734. The third kappa shape index (κ3) is 2.42. The summed E-state index contributed by atoms with van der Waals surface area (Å²) in [5.74, 6) is 1.37. The summed E-state index contributed by atoms with van der Waals surface area (Å²) in [6.07, 6.45) is 1.71. The van der Waals surface area contributed by atoms with Gasteiger partial charge in [0.2, 0.25) is 12.3 Å². The average Bonchev–Trinajstić information content (AvgIpc) is 3.14. The standard InChI is InChI=1S/C18H13NO4/c1-11-4-2-3-5-13(11)17-19-14(18(20)23-17)8-12-6-7-15-16(9-12)22-10-21-15/h2-9,19H,1,10H2/b14-8+,17-13?. The van der Waals surface area contributed by atoms with E-state index in [0.717, 1.165) is 16.0 Å². The minimum absolute atomic E-state index is 0.216. The van der Waals surface area contributed by atoms with Crippen molar-refractivity contribution >= 4 is 12.7 Å². The van der Waals surface area contributed by atoms with Crippen LogP contribution in [0.4, 0.5) is 0 Å². The first-order valence-electron chi connectivity index (χ1n) is 7.09. The number of oxazole rings is 1. The molecule has 2 heterocycles. The summed E-state index contributed by atoms with van der Waals surface area (Å²) in [6.45, 7) is 4.15. The van der Waals surface area contributed by atoms with E-state index in [2.05, 4.69) is 11.6 Å². The maximum absolute atomic E-state index is 12.1. The molecule has 0 amide bonds. The Balaban J connectivity index is 1.92. The minimum atomic E-state index is -0.430. The molecule has 1 aliphatic heterocycles. The number of hydrogen-bond acceptors (Lipinski definition) is 4. The monoisotopic (exact) mass is 307 g/mol. The fourth-order valence-corrected chi connectivity index (χ4v) is 2.48. The van der Waals surface area contributed by atoms with Gasteiger partial charge in [-0.3, -0.25) is 0 Å². The first kappa shape index (κ1) is 13.5. The van der Waals surface area contributed by atoms with E-state index in [1.165, 1.54) is 0 Å². The van der Waals surface area contributed by atoms with Gasteiger partial charge in [-0.2, -0.15) is 0 Å². The van der Waals surface area contributed by atoms with Crippen LogP contribution in [-0.4, -0.2) is 11.8 Å². The molecule has 1 N–H and O–H groups in total. The van der Waals surface area contributed by atoms with Crippen LogP contribution in [0.3, 0.4) is 0 Å². The van der Waals surface area contributed by atoms with Gasteiger partial charge >= 0.3 is 5.63 Å². The van der Waals surface area contributed by atoms with Gasteiger partial charge in [-0.05, 0) is 35.1 Å². The molecule has 0 fully saturated rings.